The van der Waals surface area contributed by atoms with Crippen LogP contribution in [0.4, 0.5) is 0 Å². The van der Waals surface area contributed by atoms with E-state index in [0.29, 0.717) is 6.61 Å². The number of aryl methyl sites for hydroxylation is 1. The molecule has 0 bridgehead atoms. The summed E-state index contributed by atoms with van der Waals surface area (Å²) in [5, 5.41) is 3.54. The number of morpholine rings is 1. The number of rotatable bonds is 8. The molecule has 1 aliphatic heterocycles. The van der Waals surface area contributed by atoms with Gasteiger partial charge in [-0.1, -0.05) is 45.8 Å². The monoisotopic (exact) mass is 418 g/mol. The molecule has 140 valence electrons. The van der Waals surface area contributed by atoms with Gasteiger partial charge in [0.05, 0.1) is 13.2 Å². The highest BCUT2D eigenvalue weighted by molar-refractivity contribution is 9.10. The van der Waals surface area contributed by atoms with E-state index in [1.807, 2.05) is 12.1 Å². The molecule has 3 rings (SSSR count). The third-order valence-electron chi connectivity index (χ3n) is 4.52. The van der Waals surface area contributed by atoms with Crippen molar-refractivity contribution in [3.63, 3.8) is 0 Å². The van der Waals surface area contributed by atoms with Gasteiger partial charge < -0.3 is 14.8 Å². The zero-order chi connectivity index (χ0) is 18.2. The van der Waals surface area contributed by atoms with E-state index in [9.17, 15) is 0 Å². The summed E-state index contributed by atoms with van der Waals surface area (Å²) in [6.07, 6.45) is 0. The third-order valence-corrected chi connectivity index (χ3v) is 5.02. The molecule has 0 aliphatic carbocycles. The molecule has 0 aromatic heterocycles. The van der Waals surface area contributed by atoms with E-state index >= 15 is 0 Å². The highest BCUT2D eigenvalue weighted by atomic mass is 79.9. The smallest absolute Gasteiger partial charge is 0.124 e. The molecule has 5 heteroatoms. The van der Waals surface area contributed by atoms with Crippen LogP contribution in [0, 0.1) is 6.92 Å². The lowest BCUT2D eigenvalue weighted by Gasteiger charge is -2.26. The predicted octanol–water partition coefficient (Wildman–Crippen LogP) is 3.76. The van der Waals surface area contributed by atoms with Gasteiger partial charge in [-0.15, -0.1) is 0 Å². The molecule has 1 saturated heterocycles. The van der Waals surface area contributed by atoms with Crippen LogP contribution in [-0.4, -0.2) is 44.3 Å². The molecule has 0 unspecified atom stereocenters. The average molecular weight is 419 g/mol. The highest BCUT2D eigenvalue weighted by Gasteiger charge is 2.10. The van der Waals surface area contributed by atoms with E-state index in [4.69, 9.17) is 9.47 Å². The molecule has 0 amide bonds. The van der Waals surface area contributed by atoms with Crippen LogP contribution < -0.4 is 10.1 Å². The number of hydrogen-bond acceptors (Lipinski definition) is 4. The summed E-state index contributed by atoms with van der Waals surface area (Å²) in [4.78, 5) is 2.44. The van der Waals surface area contributed by atoms with Crippen LogP contribution in [0.2, 0.25) is 0 Å². The summed E-state index contributed by atoms with van der Waals surface area (Å²) >= 11 is 3.57. The normalized spacial score (nSPS) is 15.2. The summed E-state index contributed by atoms with van der Waals surface area (Å²) in [7, 11) is 0. The van der Waals surface area contributed by atoms with Crippen molar-refractivity contribution in [3.8, 4) is 5.75 Å². The highest BCUT2D eigenvalue weighted by Crippen LogP contribution is 2.24. The second kappa shape index (κ2) is 10.1. The maximum atomic E-state index is 6.09. The molecule has 1 fully saturated rings. The van der Waals surface area contributed by atoms with Crippen molar-refractivity contribution in [2.45, 2.75) is 20.1 Å². The minimum absolute atomic E-state index is 0.587. The van der Waals surface area contributed by atoms with Crippen molar-refractivity contribution in [1.82, 2.24) is 10.2 Å². The molecule has 0 atom stereocenters. The van der Waals surface area contributed by atoms with Crippen LogP contribution in [0.15, 0.2) is 46.9 Å². The van der Waals surface area contributed by atoms with Crippen molar-refractivity contribution < 1.29 is 9.47 Å². The standard InChI is InChI=1S/C21H27BrN2O2/c1-17-3-2-4-18(13-17)16-26-21-6-5-20(22)14-19(21)15-23-7-8-24-9-11-25-12-10-24/h2-6,13-14,23H,7-12,15-16H2,1H3. The van der Waals surface area contributed by atoms with Crippen LogP contribution in [0.25, 0.3) is 0 Å². The Hall–Kier alpha value is -1.40. The van der Waals surface area contributed by atoms with E-state index in [2.05, 4.69) is 63.4 Å². The summed E-state index contributed by atoms with van der Waals surface area (Å²) < 4.78 is 12.6. The largest absolute Gasteiger partial charge is 0.489 e. The molecule has 2 aromatic carbocycles. The van der Waals surface area contributed by atoms with E-state index in [-0.39, 0.29) is 0 Å². The molecule has 26 heavy (non-hydrogen) atoms. The van der Waals surface area contributed by atoms with Gasteiger partial charge >= 0.3 is 0 Å². The van der Waals surface area contributed by atoms with Gasteiger partial charge in [0.15, 0.2) is 0 Å². The van der Waals surface area contributed by atoms with Crippen molar-refractivity contribution in [3.05, 3.63) is 63.6 Å². The van der Waals surface area contributed by atoms with Crippen LogP contribution in [-0.2, 0) is 17.9 Å². The Balaban J connectivity index is 1.51. The molecule has 0 saturated carbocycles. The molecule has 1 heterocycles. The fourth-order valence-electron chi connectivity index (χ4n) is 3.07. The molecule has 4 nitrogen and oxygen atoms in total. The molecule has 1 N–H and O–H groups in total. The summed E-state index contributed by atoms with van der Waals surface area (Å²) in [6, 6.07) is 14.6. The van der Waals surface area contributed by atoms with Gasteiger partial charge in [-0.2, -0.15) is 0 Å². The first-order chi connectivity index (χ1) is 12.7. The van der Waals surface area contributed by atoms with Gasteiger partial charge in [-0.25, -0.2) is 0 Å². The number of halogens is 1. The Bertz CT molecular complexity index is 702. The van der Waals surface area contributed by atoms with E-state index < -0.39 is 0 Å². The Morgan fingerprint density at radius 2 is 2.00 bits per heavy atom. The number of ether oxygens (including phenoxy) is 2. The Morgan fingerprint density at radius 1 is 1.15 bits per heavy atom. The van der Waals surface area contributed by atoms with Crippen LogP contribution in [0.5, 0.6) is 5.75 Å². The molecule has 0 radical (unpaired) electrons. The van der Waals surface area contributed by atoms with Gasteiger partial charge in [0.2, 0.25) is 0 Å². The van der Waals surface area contributed by atoms with Gasteiger partial charge in [-0.3, -0.25) is 4.90 Å². The predicted molar refractivity (Wildman–Crippen MR) is 109 cm³/mol. The Morgan fingerprint density at radius 3 is 2.81 bits per heavy atom. The number of benzene rings is 2. The van der Waals surface area contributed by atoms with Crippen molar-refractivity contribution in [1.29, 1.82) is 0 Å². The maximum absolute atomic E-state index is 6.09. The zero-order valence-corrected chi connectivity index (χ0v) is 16.9. The zero-order valence-electron chi connectivity index (χ0n) is 15.3. The fourth-order valence-corrected chi connectivity index (χ4v) is 3.48. The average Bonchev–Trinajstić information content (AvgIpc) is 2.65. The second-order valence-electron chi connectivity index (χ2n) is 6.66. The first-order valence-corrected chi connectivity index (χ1v) is 9.97. The van der Waals surface area contributed by atoms with E-state index in [1.54, 1.807) is 0 Å². The molecule has 0 spiro atoms. The minimum atomic E-state index is 0.587. The van der Waals surface area contributed by atoms with Gasteiger partial charge in [0.1, 0.15) is 12.4 Å². The molecule has 1 aliphatic rings. The number of nitrogens with one attached hydrogen (secondary N) is 1. The lowest BCUT2D eigenvalue weighted by molar-refractivity contribution is 0.0384. The third kappa shape index (κ3) is 6.09. The van der Waals surface area contributed by atoms with Gasteiger partial charge in [0.25, 0.3) is 0 Å². The fraction of sp³-hybridized carbons (Fsp3) is 0.429. The first-order valence-electron chi connectivity index (χ1n) is 9.18. The second-order valence-corrected chi connectivity index (χ2v) is 7.58. The number of nitrogens with zero attached hydrogens (tertiary/aromatic N) is 1. The molecule has 2 aromatic rings. The van der Waals surface area contributed by atoms with Gasteiger partial charge in [0, 0.05) is 42.8 Å². The van der Waals surface area contributed by atoms with Crippen molar-refractivity contribution >= 4 is 15.9 Å². The summed E-state index contributed by atoms with van der Waals surface area (Å²) in [5.41, 5.74) is 3.63. The van der Waals surface area contributed by atoms with Gasteiger partial charge in [-0.05, 0) is 30.7 Å². The van der Waals surface area contributed by atoms with Crippen LogP contribution in [0.3, 0.4) is 0 Å². The first kappa shape index (κ1) is 19.4. The topological polar surface area (TPSA) is 33.7 Å². The molecular formula is C21H27BrN2O2. The van der Waals surface area contributed by atoms with Crippen LogP contribution >= 0.6 is 15.9 Å². The summed E-state index contributed by atoms with van der Waals surface area (Å²) in [5.74, 6) is 0.938. The van der Waals surface area contributed by atoms with Crippen molar-refractivity contribution in [2.24, 2.45) is 0 Å². The summed E-state index contributed by atoms with van der Waals surface area (Å²) in [6.45, 7) is 9.27. The molecular weight excluding hydrogens is 392 g/mol. The number of hydrogen-bond donors (Lipinski definition) is 1. The van der Waals surface area contributed by atoms with E-state index in [0.717, 1.165) is 56.2 Å². The maximum Gasteiger partial charge on any atom is 0.124 e. The lowest BCUT2D eigenvalue weighted by Crippen LogP contribution is -2.40. The van der Waals surface area contributed by atoms with Crippen molar-refractivity contribution in [2.75, 3.05) is 39.4 Å². The Labute approximate surface area is 164 Å². The minimum Gasteiger partial charge on any atom is -0.489 e. The SMILES string of the molecule is Cc1cccc(COc2ccc(Br)cc2CNCCN2CCOCC2)c1. The van der Waals surface area contributed by atoms with Crippen LogP contribution in [0.1, 0.15) is 16.7 Å². The Kier molecular flexibility index (Phi) is 7.50. The van der Waals surface area contributed by atoms with E-state index in [1.165, 1.54) is 16.7 Å². The lowest BCUT2D eigenvalue weighted by atomic mass is 10.1. The quantitative estimate of drug-likeness (QED) is 0.661.